The Morgan fingerprint density at radius 1 is 0.920 bits per heavy atom. The van der Waals surface area contributed by atoms with Gasteiger partial charge < -0.3 is 4.42 Å². The molecular formula is C19H13Cl2N3O. The molecule has 3 aromatic rings. The van der Waals surface area contributed by atoms with E-state index in [0.29, 0.717) is 27.4 Å². The zero-order chi connectivity index (χ0) is 17.4. The van der Waals surface area contributed by atoms with Crippen LogP contribution in [0.1, 0.15) is 22.6 Å². The third kappa shape index (κ3) is 3.18. The maximum Gasteiger partial charge on any atom is 0.155 e. The number of benzene rings is 2. The molecule has 0 bridgehead atoms. The molecule has 124 valence electrons. The summed E-state index contributed by atoms with van der Waals surface area (Å²) >= 11 is 12.2. The summed E-state index contributed by atoms with van der Waals surface area (Å²) in [4.78, 5) is 4.71. The number of halogens is 2. The number of nitrogens with one attached hydrogen (secondary N) is 1. The average molecular weight is 370 g/mol. The van der Waals surface area contributed by atoms with E-state index in [-0.39, 0.29) is 0 Å². The van der Waals surface area contributed by atoms with Gasteiger partial charge in [-0.05, 0) is 61.5 Å². The highest BCUT2D eigenvalue weighted by Crippen LogP contribution is 2.29. The summed E-state index contributed by atoms with van der Waals surface area (Å²) in [5.74, 6) is 2.09. The first kappa shape index (κ1) is 15.9. The number of amidine groups is 1. The van der Waals surface area contributed by atoms with Crippen LogP contribution in [0.15, 0.2) is 69.1 Å². The van der Waals surface area contributed by atoms with Crippen molar-refractivity contribution in [3.05, 3.63) is 87.3 Å². The molecule has 1 N–H and O–H groups in total. The molecular weight excluding hydrogens is 357 g/mol. The Kier molecular flexibility index (Phi) is 4.07. The van der Waals surface area contributed by atoms with Gasteiger partial charge in [-0.15, -0.1) is 0 Å². The predicted molar refractivity (Wildman–Crippen MR) is 101 cm³/mol. The van der Waals surface area contributed by atoms with Crippen molar-refractivity contribution in [2.24, 2.45) is 10.1 Å². The van der Waals surface area contributed by atoms with Crippen LogP contribution in [0.3, 0.4) is 0 Å². The van der Waals surface area contributed by atoms with Crippen molar-refractivity contribution in [3.63, 3.8) is 0 Å². The normalized spacial score (nSPS) is 13.4. The lowest BCUT2D eigenvalue weighted by Crippen LogP contribution is -2.19. The fraction of sp³-hybridized carbons (Fsp3) is 0.0526. The van der Waals surface area contributed by atoms with Gasteiger partial charge in [-0.3, -0.25) is 5.43 Å². The fourth-order valence-corrected chi connectivity index (χ4v) is 2.89. The minimum absolute atomic E-state index is 0.611. The molecule has 4 nitrogen and oxygen atoms in total. The molecule has 1 aromatic heterocycles. The first-order chi connectivity index (χ1) is 12.1. The van der Waals surface area contributed by atoms with Crippen molar-refractivity contribution in [1.82, 2.24) is 5.43 Å². The molecule has 6 heteroatoms. The van der Waals surface area contributed by atoms with Crippen LogP contribution in [0.2, 0.25) is 10.0 Å². The van der Waals surface area contributed by atoms with E-state index in [1.807, 2.05) is 55.5 Å². The smallest absolute Gasteiger partial charge is 0.155 e. The van der Waals surface area contributed by atoms with E-state index in [1.165, 1.54) is 0 Å². The maximum absolute atomic E-state index is 6.19. The Balaban J connectivity index is 1.86. The van der Waals surface area contributed by atoms with Gasteiger partial charge in [-0.25, -0.2) is 4.99 Å². The van der Waals surface area contributed by atoms with Crippen molar-refractivity contribution in [3.8, 4) is 0 Å². The van der Waals surface area contributed by atoms with E-state index in [2.05, 4.69) is 10.5 Å². The Bertz CT molecular complexity index is 1000. The van der Waals surface area contributed by atoms with Crippen LogP contribution >= 0.6 is 23.2 Å². The number of aliphatic imine (C=N–C) groups is 1. The number of hydrogen-bond acceptors (Lipinski definition) is 4. The standard InChI is InChI=1S/C19H13Cl2N3O/c1-11-2-9-17(25-11)18-15-10-14(21)7-8-16(15)22-19(24-23-18)12-3-5-13(20)6-4-12/h2-10H,1H3,(H,22,24). The van der Waals surface area contributed by atoms with Crippen molar-refractivity contribution < 1.29 is 4.42 Å². The molecule has 0 unspecified atom stereocenters. The molecule has 0 saturated carbocycles. The number of nitrogens with zero attached hydrogens (tertiary/aromatic N) is 2. The fourth-order valence-electron chi connectivity index (χ4n) is 2.60. The van der Waals surface area contributed by atoms with Gasteiger partial charge in [0.1, 0.15) is 11.5 Å². The van der Waals surface area contributed by atoms with Crippen molar-refractivity contribution in [2.45, 2.75) is 6.92 Å². The molecule has 2 aromatic carbocycles. The summed E-state index contributed by atoms with van der Waals surface area (Å²) in [5.41, 5.74) is 6.13. The zero-order valence-corrected chi connectivity index (χ0v) is 14.8. The average Bonchev–Trinajstić information content (AvgIpc) is 2.93. The molecule has 1 aliphatic rings. The monoisotopic (exact) mass is 369 g/mol. The van der Waals surface area contributed by atoms with Gasteiger partial charge in [0.25, 0.3) is 0 Å². The second-order valence-corrected chi connectivity index (χ2v) is 6.48. The molecule has 4 rings (SSSR count). The quantitative estimate of drug-likeness (QED) is 0.663. The second-order valence-electron chi connectivity index (χ2n) is 5.61. The highest BCUT2D eigenvalue weighted by atomic mass is 35.5. The summed E-state index contributed by atoms with van der Waals surface area (Å²) in [6.45, 7) is 1.89. The third-order valence-corrected chi connectivity index (χ3v) is 4.30. The topological polar surface area (TPSA) is 49.9 Å². The van der Waals surface area contributed by atoms with Crippen LogP contribution in [-0.2, 0) is 0 Å². The van der Waals surface area contributed by atoms with Gasteiger partial charge in [0.15, 0.2) is 11.6 Å². The summed E-state index contributed by atoms with van der Waals surface area (Å²) in [5, 5.41) is 5.80. The van der Waals surface area contributed by atoms with Crippen molar-refractivity contribution >= 4 is 40.4 Å². The molecule has 2 heterocycles. The number of hydrazone groups is 1. The van der Waals surface area contributed by atoms with Crippen LogP contribution in [0.4, 0.5) is 5.69 Å². The number of hydrogen-bond donors (Lipinski definition) is 1. The lowest BCUT2D eigenvalue weighted by molar-refractivity contribution is 0.525. The van der Waals surface area contributed by atoms with E-state index < -0.39 is 0 Å². The van der Waals surface area contributed by atoms with Crippen LogP contribution in [-0.4, -0.2) is 11.5 Å². The summed E-state index contributed by atoms with van der Waals surface area (Å²) in [6, 6.07) is 16.7. The maximum atomic E-state index is 6.19. The first-order valence-corrected chi connectivity index (χ1v) is 8.41. The lowest BCUT2D eigenvalue weighted by atomic mass is 10.1. The first-order valence-electron chi connectivity index (χ1n) is 7.65. The number of rotatable bonds is 2. The highest BCUT2D eigenvalue weighted by Gasteiger charge is 2.20. The minimum Gasteiger partial charge on any atom is -0.460 e. The van der Waals surface area contributed by atoms with Crippen LogP contribution < -0.4 is 5.43 Å². The summed E-state index contributed by atoms with van der Waals surface area (Å²) < 4.78 is 5.75. The van der Waals surface area contributed by atoms with E-state index in [9.17, 15) is 0 Å². The minimum atomic E-state index is 0.611. The van der Waals surface area contributed by atoms with Gasteiger partial charge in [-0.2, -0.15) is 5.10 Å². The van der Waals surface area contributed by atoms with Crippen molar-refractivity contribution in [1.29, 1.82) is 0 Å². The Labute approximate surface area is 154 Å². The molecule has 0 amide bonds. The predicted octanol–water partition coefficient (Wildman–Crippen LogP) is 5.33. The van der Waals surface area contributed by atoms with Gasteiger partial charge in [-0.1, -0.05) is 23.2 Å². The van der Waals surface area contributed by atoms with E-state index in [1.54, 1.807) is 6.07 Å². The van der Waals surface area contributed by atoms with Crippen molar-refractivity contribution in [2.75, 3.05) is 0 Å². The van der Waals surface area contributed by atoms with Gasteiger partial charge in [0, 0.05) is 21.2 Å². The van der Waals surface area contributed by atoms with Crippen LogP contribution in [0, 0.1) is 6.92 Å². The molecule has 0 saturated heterocycles. The van der Waals surface area contributed by atoms with Crippen LogP contribution in [0.5, 0.6) is 0 Å². The highest BCUT2D eigenvalue weighted by molar-refractivity contribution is 6.31. The largest absolute Gasteiger partial charge is 0.460 e. The Hall–Kier alpha value is -2.56. The second kappa shape index (κ2) is 6.39. The van der Waals surface area contributed by atoms with E-state index in [4.69, 9.17) is 32.6 Å². The van der Waals surface area contributed by atoms with Gasteiger partial charge in [0.2, 0.25) is 0 Å². The molecule has 0 spiro atoms. The molecule has 0 fully saturated rings. The van der Waals surface area contributed by atoms with Gasteiger partial charge in [0.05, 0.1) is 5.69 Å². The SMILES string of the molecule is Cc1ccc(C2=NNC(c3ccc(Cl)cc3)=Nc3ccc(Cl)cc32)o1. The van der Waals surface area contributed by atoms with E-state index >= 15 is 0 Å². The number of fused-ring (bicyclic) bond motifs is 1. The Morgan fingerprint density at radius 2 is 1.68 bits per heavy atom. The van der Waals surface area contributed by atoms with Crippen LogP contribution in [0.25, 0.3) is 0 Å². The van der Waals surface area contributed by atoms with Gasteiger partial charge >= 0.3 is 0 Å². The molecule has 0 atom stereocenters. The summed E-state index contributed by atoms with van der Waals surface area (Å²) in [6.07, 6.45) is 0. The van der Waals surface area contributed by atoms with E-state index in [0.717, 1.165) is 22.6 Å². The summed E-state index contributed by atoms with van der Waals surface area (Å²) in [7, 11) is 0. The molecule has 0 radical (unpaired) electrons. The number of aryl methyl sites for hydroxylation is 1. The molecule has 1 aliphatic heterocycles. The number of furan rings is 1. The molecule has 25 heavy (non-hydrogen) atoms. The molecule has 0 aliphatic carbocycles. The third-order valence-electron chi connectivity index (χ3n) is 3.81. The lowest BCUT2D eigenvalue weighted by Gasteiger charge is -2.05. The zero-order valence-electron chi connectivity index (χ0n) is 13.3. The Morgan fingerprint density at radius 3 is 2.40 bits per heavy atom.